The van der Waals surface area contributed by atoms with E-state index in [4.69, 9.17) is 18.9 Å². The molecule has 4 unspecified atom stereocenters. The van der Waals surface area contributed by atoms with Crippen LogP contribution in [0.3, 0.4) is 0 Å². The zero-order valence-corrected chi connectivity index (χ0v) is 15.5. The molecule has 0 amide bonds. The third-order valence-corrected chi connectivity index (χ3v) is 4.51. The molecule has 0 aromatic heterocycles. The topological polar surface area (TPSA) is 71.1 Å². The first-order valence-corrected chi connectivity index (χ1v) is 8.77. The summed E-state index contributed by atoms with van der Waals surface area (Å²) >= 11 is 0. The Morgan fingerprint density at radius 2 is 1.54 bits per heavy atom. The van der Waals surface area contributed by atoms with E-state index in [1.165, 1.54) is 14.0 Å². The monoisotopic (exact) mass is 388 g/mol. The molecule has 0 aliphatic carbocycles. The quantitative estimate of drug-likeness (QED) is 0.708. The van der Waals surface area contributed by atoms with E-state index in [0.717, 1.165) is 0 Å². The lowest BCUT2D eigenvalue weighted by Crippen LogP contribution is -2.46. The molecule has 0 spiro atoms. The maximum atomic E-state index is 14.8. The third kappa shape index (κ3) is 4.21. The van der Waals surface area contributed by atoms with Gasteiger partial charge >= 0.3 is 11.9 Å². The molecule has 0 bridgehead atoms. The second-order valence-corrected chi connectivity index (χ2v) is 6.61. The van der Waals surface area contributed by atoms with Crippen molar-refractivity contribution < 1.29 is 32.9 Å². The van der Waals surface area contributed by atoms with E-state index < -0.39 is 36.1 Å². The highest BCUT2D eigenvalue weighted by Crippen LogP contribution is 2.36. The first kappa shape index (κ1) is 20.0. The Balaban J connectivity index is 1.74. The van der Waals surface area contributed by atoms with Gasteiger partial charge in [-0.15, -0.1) is 0 Å². The second-order valence-electron chi connectivity index (χ2n) is 6.61. The molecule has 1 heterocycles. The number of esters is 2. The predicted octanol–water partition coefficient (Wildman–Crippen LogP) is 3.17. The van der Waals surface area contributed by atoms with Gasteiger partial charge < -0.3 is 18.9 Å². The van der Waals surface area contributed by atoms with Gasteiger partial charge in [-0.3, -0.25) is 0 Å². The number of alkyl halides is 1. The Hall–Kier alpha value is -2.77. The summed E-state index contributed by atoms with van der Waals surface area (Å²) in [7, 11) is 1.29. The average Bonchev–Trinajstić information content (AvgIpc) is 2.98. The lowest BCUT2D eigenvalue weighted by Gasteiger charge is -2.29. The van der Waals surface area contributed by atoms with Crippen LogP contribution in [0.5, 0.6) is 0 Å². The highest BCUT2D eigenvalue weighted by molar-refractivity contribution is 5.90. The van der Waals surface area contributed by atoms with Crippen LogP contribution < -0.4 is 0 Å². The van der Waals surface area contributed by atoms with Gasteiger partial charge in [-0.05, 0) is 31.2 Å². The van der Waals surface area contributed by atoms with Gasteiger partial charge in [0.1, 0.15) is 12.2 Å². The Labute approximate surface area is 162 Å². The van der Waals surface area contributed by atoms with E-state index in [1.54, 1.807) is 60.7 Å². The number of ether oxygens (including phenoxy) is 4. The van der Waals surface area contributed by atoms with Crippen molar-refractivity contribution in [3.05, 3.63) is 71.8 Å². The summed E-state index contributed by atoms with van der Waals surface area (Å²) in [6.07, 6.45) is -4.29. The van der Waals surface area contributed by atoms with Crippen LogP contribution in [0.4, 0.5) is 4.39 Å². The molecular formula is C21H21FO6. The fraction of sp³-hybridized carbons (Fsp3) is 0.333. The van der Waals surface area contributed by atoms with Crippen LogP contribution in [0.15, 0.2) is 60.7 Å². The number of carbonyl (C=O) groups excluding carboxylic acids is 2. The minimum absolute atomic E-state index is 0.277. The zero-order valence-electron chi connectivity index (χ0n) is 15.5. The minimum Gasteiger partial charge on any atom is -0.459 e. The highest BCUT2D eigenvalue weighted by Gasteiger charge is 2.56. The van der Waals surface area contributed by atoms with Crippen LogP contribution in [0.2, 0.25) is 0 Å². The summed E-state index contributed by atoms with van der Waals surface area (Å²) in [5.41, 5.74) is -0.782. The third-order valence-electron chi connectivity index (χ3n) is 4.51. The lowest BCUT2D eigenvalue weighted by molar-refractivity contribution is -0.177. The molecule has 4 atom stereocenters. The Morgan fingerprint density at radius 3 is 2.07 bits per heavy atom. The number of hydrogen-bond acceptors (Lipinski definition) is 6. The Morgan fingerprint density at radius 1 is 1.00 bits per heavy atom. The minimum atomic E-state index is -1.74. The first-order valence-electron chi connectivity index (χ1n) is 8.77. The van der Waals surface area contributed by atoms with Crippen molar-refractivity contribution in [1.29, 1.82) is 0 Å². The lowest BCUT2D eigenvalue weighted by atomic mass is 9.99. The van der Waals surface area contributed by atoms with E-state index in [1.807, 2.05) is 0 Å². The fourth-order valence-electron chi connectivity index (χ4n) is 2.98. The van der Waals surface area contributed by atoms with Crippen LogP contribution in [0.1, 0.15) is 27.6 Å². The van der Waals surface area contributed by atoms with E-state index in [-0.39, 0.29) is 12.2 Å². The van der Waals surface area contributed by atoms with E-state index in [0.29, 0.717) is 5.56 Å². The SMILES string of the molecule is COC1OC(C)(COC(=O)c2ccccc2)C(OC(=O)c2ccccc2)C1F. The number of hydrogen-bond donors (Lipinski definition) is 0. The Kier molecular flexibility index (Phi) is 6.06. The summed E-state index contributed by atoms with van der Waals surface area (Å²) in [5.74, 6) is -1.29. The van der Waals surface area contributed by atoms with Gasteiger partial charge in [0.15, 0.2) is 18.6 Å². The molecule has 0 saturated carbocycles. The number of carbonyl (C=O) groups is 2. The van der Waals surface area contributed by atoms with Gasteiger partial charge in [0.25, 0.3) is 0 Å². The van der Waals surface area contributed by atoms with Gasteiger partial charge in [-0.25, -0.2) is 14.0 Å². The summed E-state index contributed by atoms with van der Waals surface area (Å²) < 4.78 is 36.1. The largest absolute Gasteiger partial charge is 0.459 e. The number of halogens is 1. The fourth-order valence-corrected chi connectivity index (χ4v) is 2.98. The van der Waals surface area contributed by atoms with Crippen molar-refractivity contribution in [2.45, 2.75) is 31.1 Å². The molecule has 2 aromatic carbocycles. The second kappa shape index (κ2) is 8.50. The van der Waals surface area contributed by atoms with Crippen LogP contribution in [-0.4, -0.2) is 49.8 Å². The van der Waals surface area contributed by atoms with Crippen molar-refractivity contribution >= 4 is 11.9 Å². The molecule has 0 N–H and O–H groups in total. The number of methoxy groups -OCH3 is 1. The normalized spacial score (nSPS) is 26.6. The van der Waals surface area contributed by atoms with Crippen LogP contribution in [0.25, 0.3) is 0 Å². The summed E-state index contributed by atoms with van der Waals surface area (Å²) in [4.78, 5) is 24.6. The van der Waals surface area contributed by atoms with Crippen molar-refractivity contribution in [2.75, 3.05) is 13.7 Å². The smallest absolute Gasteiger partial charge is 0.338 e. The molecule has 1 aliphatic rings. The summed E-state index contributed by atoms with van der Waals surface area (Å²) in [6.45, 7) is 1.20. The maximum absolute atomic E-state index is 14.8. The number of rotatable bonds is 6. The molecule has 28 heavy (non-hydrogen) atoms. The molecule has 1 saturated heterocycles. The molecule has 1 fully saturated rings. The summed E-state index contributed by atoms with van der Waals surface area (Å²) in [6, 6.07) is 16.6. The zero-order chi connectivity index (χ0) is 20.1. The molecule has 2 aromatic rings. The molecule has 6 nitrogen and oxygen atoms in total. The molecule has 148 valence electrons. The standard InChI is InChI=1S/C21H21FO6/c1-21(13-26-18(23)14-9-5-3-6-10-14)17(16(22)20(25-2)28-21)27-19(24)15-11-7-4-8-12-15/h3-12,16-17,20H,13H2,1-2H3. The highest BCUT2D eigenvalue weighted by atomic mass is 19.1. The molecule has 1 aliphatic heterocycles. The first-order chi connectivity index (χ1) is 13.4. The predicted molar refractivity (Wildman–Crippen MR) is 97.6 cm³/mol. The van der Waals surface area contributed by atoms with Gasteiger partial charge in [0.05, 0.1) is 11.1 Å². The molecular weight excluding hydrogens is 367 g/mol. The van der Waals surface area contributed by atoms with E-state index >= 15 is 0 Å². The van der Waals surface area contributed by atoms with Crippen LogP contribution >= 0.6 is 0 Å². The van der Waals surface area contributed by atoms with Gasteiger partial charge in [0.2, 0.25) is 0 Å². The van der Waals surface area contributed by atoms with Crippen molar-refractivity contribution in [2.24, 2.45) is 0 Å². The summed E-state index contributed by atoms with van der Waals surface area (Å²) in [5, 5.41) is 0. The van der Waals surface area contributed by atoms with Gasteiger partial charge in [-0.1, -0.05) is 36.4 Å². The molecule has 0 radical (unpaired) electrons. The van der Waals surface area contributed by atoms with E-state index in [2.05, 4.69) is 0 Å². The Bertz CT molecular complexity index is 812. The number of benzene rings is 2. The molecule has 3 rings (SSSR count). The van der Waals surface area contributed by atoms with Gasteiger partial charge in [0, 0.05) is 7.11 Å². The average molecular weight is 388 g/mol. The van der Waals surface area contributed by atoms with E-state index in [9.17, 15) is 14.0 Å². The molecule has 7 heteroatoms. The van der Waals surface area contributed by atoms with Crippen molar-refractivity contribution in [3.8, 4) is 0 Å². The van der Waals surface area contributed by atoms with Crippen LogP contribution in [0, 0.1) is 0 Å². The van der Waals surface area contributed by atoms with Crippen LogP contribution in [-0.2, 0) is 18.9 Å². The van der Waals surface area contributed by atoms with Crippen molar-refractivity contribution in [3.63, 3.8) is 0 Å². The maximum Gasteiger partial charge on any atom is 0.338 e. The van der Waals surface area contributed by atoms with Crippen molar-refractivity contribution in [1.82, 2.24) is 0 Å². The van der Waals surface area contributed by atoms with Gasteiger partial charge in [-0.2, -0.15) is 0 Å².